The van der Waals surface area contributed by atoms with Crippen LogP contribution in [0.15, 0.2) is 60.7 Å². The molecule has 1 heterocycles. The second-order valence-corrected chi connectivity index (χ2v) is 5.07. The van der Waals surface area contributed by atoms with Crippen LogP contribution < -0.4 is 9.64 Å². The molecule has 0 radical (unpaired) electrons. The van der Waals surface area contributed by atoms with E-state index in [1.54, 1.807) is 36.4 Å². The molecule has 0 saturated heterocycles. The summed E-state index contributed by atoms with van der Waals surface area (Å²) in [4.78, 5) is 26.4. The molecule has 1 aromatic heterocycles. The Morgan fingerprint density at radius 2 is 1.58 bits per heavy atom. The van der Waals surface area contributed by atoms with E-state index in [4.69, 9.17) is 16.3 Å². The molecular weight excluding hydrogens is 328 g/mol. The van der Waals surface area contributed by atoms with Crippen LogP contribution in [-0.4, -0.2) is 28.0 Å². The Kier molecular flexibility index (Phi) is 4.67. The molecule has 120 valence electrons. The molecule has 0 aliphatic rings. The predicted molar refractivity (Wildman–Crippen MR) is 90.7 cm³/mol. The molecule has 3 aromatic rings. The van der Waals surface area contributed by atoms with E-state index in [9.17, 15) is 4.79 Å². The Labute approximate surface area is 143 Å². The van der Waals surface area contributed by atoms with E-state index in [0.717, 1.165) is 0 Å². The fraction of sp³-hybridized carbons (Fsp3) is 0.0588. The van der Waals surface area contributed by atoms with Gasteiger partial charge in [-0.1, -0.05) is 36.4 Å². The van der Waals surface area contributed by atoms with Crippen LogP contribution in [0.3, 0.4) is 0 Å². The smallest absolute Gasteiger partial charge is 0.322 e. The number of rotatable bonds is 4. The Bertz CT molecular complexity index is 844. The van der Waals surface area contributed by atoms with E-state index in [2.05, 4.69) is 15.0 Å². The minimum absolute atomic E-state index is 0.0341. The van der Waals surface area contributed by atoms with Crippen molar-refractivity contribution in [3.05, 3.63) is 71.5 Å². The van der Waals surface area contributed by atoms with Gasteiger partial charge in [-0.2, -0.15) is 15.0 Å². The van der Waals surface area contributed by atoms with Gasteiger partial charge in [-0.05, 0) is 35.9 Å². The average molecular weight is 341 g/mol. The minimum Gasteiger partial charge on any atom is -0.467 e. The topological polar surface area (TPSA) is 68.2 Å². The number of methoxy groups -OCH3 is 1. The first-order valence-corrected chi connectivity index (χ1v) is 7.47. The molecule has 3 rings (SSSR count). The zero-order valence-corrected chi connectivity index (χ0v) is 13.5. The molecule has 0 spiro atoms. The van der Waals surface area contributed by atoms with Gasteiger partial charge in [0.05, 0.1) is 12.8 Å². The molecule has 7 heteroatoms. The van der Waals surface area contributed by atoms with Crippen molar-refractivity contribution in [3.63, 3.8) is 0 Å². The van der Waals surface area contributed by atoms with Gasteiger partial charge in [0.15, 0.2) is 0 Å². The molecule has 1 amide bonds. The van der Waals surface area contributed by atoms with Crippen molar-refractivity contribution in [2.75, 3.05) is 12.0 Å². The summed E-state index contributed by atoms with van der Waals surface area (Å²) < 4.78 is 5.02. The Balaban J connectivity index is 2.13. The number of carbonyl (C=O) groups excluding carboxylic acids is 1. The number of benzene rings is 2. The van der Waals surface area contributed by atoms with Crippen LogP contribution in [0.2, 0.25) is 5.28 Å². The number of aromatic nitrogens is 3. The quantitative estimate of drug-likeness (QED) is 0.727. The number of amides is 1. The SMILES string of the molecule is COc1nc(Cl)nc(N(C(=O)c2ccccc2)c2ccccc2)n1. The van der Waals surface area contributed by atoms with Gasteiger partial charge >= 0.3 is 6.01 Å². The summed E-state index contributed by atoms with van der Waals surface area (Å²) in [7, 11) is 1.42. The highest BCUT2D eigenvalue weighted by atomic mass is 35.5. The Morgan fingerprint density at radius 3 is 2.21 bits per heavy atom. The van der Waals surface area contributed by atoms with Crippen LogP contribution in [0.5, 0.6) is 6.01 Å². The third kappa shape index (κ3) is 3.33. The van der Waals surface area contributed by atoms with Crippen molar-refractivity contribution >= 4 is 29.1 Å². The third-order valence-corrected chi connectivity index (χ3v) is 3.37. The molecule has 0 aliphatic heterocycles. The second kappa shape index (κ2) is 7.06. The van der Waals surface area contributed by atoms with Crippen molar-refractivity contribution in [2.24, 2.45) is 0 Å². The number of hydrogen-bond donors (Lipinski definition) is 0. The highest BCUT2D eigenvalue weighted by molar-refractivity contribution is 6.28. The van der Waals surface area contributed by atoms with Crippen LogP contribution in [0.4, 0.5) is 11.6 Å². The molecular formula is C17H13ClN4O2. The standard InChI is InChI=1S/C17H13ClN4O2/c1-24-17-20-15(18)19-16(21-17)22(13-10-6-3-7-11-13)14(23)12-8-4-2-5-9-12/h2-11H,1H3. The largest absolute Gasteiger partial charge is 0.467 e. The second-order valence-electron chi connectivity index (χ2n) is 4.73. The maximum atomic E-state index is 13.0. The van der Waals surface area contributed by atoms with Crippen LogP contribution in [0.25, 0.3) is 0 Å². The Hall–Kier alpha value is -2.99. The summed E-state index contributed by atoms with van der Waals surface area (Å²) in [5, 5.41) is -0.0568. The summed E-state index contributed by atoms with van der Waals surface area (Å²) >= 11 is 5.93. The molecule has 0 N–H and O–H groups in total. The monoisotopic (exact) mass is 340 g/mol. The number of hydrogen-bond acceptors (Lipinski definition) is 5. The maximum absolute atomic E-state index is 13.0. The lowest BCUT2D eigenvalue weighted by molar-refractivity contribution is 0.0998. The van der Waals surface area contributed by atoms with Crippen LogP contribution >= 0.6 is 11.6 Å². The van der Waals surface area contributed by atoms with E-state index >= 15 is 0 Å². The minimum atomic E-state index is -0.286. The average Bonchev–Trinajstić information content (AvgIpc) is 2.63. The van der Waals surface area contributed by atoms with Gasteiger partial charge in [-0.3, -0.25) is 4.79 Å². The van der Waals surface area contributed by atoms with Gasteiger partial charge in [-0.25, -0.2) is 4.90 Å². The summed E-state index contributed by atoms with van der Waals surface area (Å²) in [6.07, 6.45) is 0. The maximum Gasteiger partial charge on any atom is 0.322 e. The van der Waals surface area contributed by atoms with Crippen LogP contribution in [0.1, 0.15) is 10.4 Å². The van der Waals surface area contributed by atoms with E-state index in [-0.39, 0.29) is 23.1 Å². The first-order chi connectivity index (χ1) is 11.7. The lowest BCUT2D eigenvalue weighted by atomic mass is 10.2. The van der Waals surface area contributed by atoms with Gasteiger partial charge in [-0.15, -0.1) is 0 Å². The summed E-state index contributed by atoms with van der Waals surface area (Å²) in [6.45, 7) is 0. The van der Waals surface area contributed by atoms with E-state index in [1.165, 1.54) is 12.0 Å². The van der Waals surface area contributed by atoms with Gasteiger partial charge in [0.1, 0.15) is 0 Å². The molecule has 2 aromatic carbocycles. The fourth-order valence-corrected chi connectivity index (χ4v) is 2.27. The van der Waals surface area contributed by atoms with Gasteiger partial charge < -0.3 is 4.74 Å². The number of nitrogens with zero attached hydrogens (tertiary/aromatic N) is 4. The molecule has 6 nitrogen and oxygen atoms in total. The molecule has 24 heavy (non-hydrogen) atoms. The molecule has 0 atom stereocenters. The normalized spacial score (nSPS) is 10.2. The molecule has 0 bridgehead atoms. The Morgan fingerprint density at radius 1 is 0.958 bits per heavy atom. The van der Waals surface area contributed by atoms with Crippen molar-refractivity contribution in [3.8, 4) is 6.01 Å². The van der Waals surface area contributed by atoms with Crippen molar-refractivity contribution in [1.29, 1.82) is 0 Å². The molecule has 0 fully saturated rings. The van der Waals surface area contributed by atoms with E-state index < -0.39 is 0 Å². The predicted octanol–water partition coefficient (Wildman–Crippen LogP) is 3.51. The van der Waals surface area contributed by atoms with E-state index in [0.29, 0.717) is 11.3 Å². The zero-order chi connectivity index (χ0) is 16.9. The summed E-state index contributed by atoms with van der Waals surface area (Å²) in [5.74, 6) is -0.196. The number of ether oxygens (including phenoxy) is 1. The van der Waals surface area contributed by atoms with E-state index in [1.807, 2.05) is 24.3 Å². The zero-order valence-electron chi connectivity index (χ0n) is 12.8. The molecule has 0 aliphatic carbocycles. The van der Waals surface area contributed by atoms with Gasteiger partial charge in [0.2, 0.25) is 11.2 Å². The van der Waals surface area contributed by atoms with Crippen molar-refractivity contribution in [1.82, 2.24) is 15.0 Å². The lowest BCUT2D eigenvalue weighted by Gasteiger charge is -2.21. The van der Waals surface area contributed by atoms with Crippen molar-refractivity contribution < 1.29 is 9.53 Å². The highest BCUT2D eigenvalue weighted by Gasteiger charge is 2.23. The number of anilines is 2. The van der Waals surface area contributed by atoms with Crippen LogP contribution in [0, 0.1) is 0 Å². The van der Waals surface area contributed by atoms with Crippen LogP contribution in [-0.2, 0) is 0 Å². The fourth-order valence-electron chi connectivity index (χ4n) is 2.12. The molecule has 0 unspecified atom stereocenters. The lowest BCUT2D eigenvalue weighted by Crippen LogP contribution is -2.28. The van der Waals surface area contributed by atoms with Crippen molar-refractivity contribution in [2.45, 2.75) is 0 Å². The first-order valence-electron chi connectivity index (χ1n) is 7.09. The summed E-state index contributed by atoms with van der Waals surface area (Å²) in [5.41, 5.74) is 1.10. The van der Waals surface area contributed by atoms with Gasteiger partial charge in [0, 0.05) is 5.56 Å². The summed E-state index contributed by atoms with van der Waals surface area (Å²) in [6, 6.07) is 18.0. The molecule has 0 saturated carbocycles. The number of para-hydroxylation sites is 1. The highest BCUT2D eigenvalue weighted by Crippen LogP contribution is 2.26. The van der Waals surface area contributed by atoms with Gasteiger partial charge in [0.25, 0.3) is 5.91 Å². The first kappa shape index (κ1) is 15.9. The number of halogens is 1. The third-order valence-electron chi connectivity index (χ3n) is 3.20. The number of carbonyl (C=O) groups is 1.